The van der Waals surface area contributed by atoms with Crippen molar-refractivity contribution in [1.82, 2.24) is 14.9 Å². The zero-order valence-corrected chi connectivity index (χ0v) is 12.4. The van der Waals surface area contributed by atoms with E-state index < -0.39 is 0 Å². The number of benzene rings is 1. The third-order valence-corrected chi connectivity index (χ3v) is 3.47. The van der Waals surface area contributed by atoms with E-state index in [1.165, 1.54) is 4.68 Å². The van der Waals surface area contributed by atoms with Gasteiger partial charge in [0.1, 0.15) is 11.4 Å². The first-order chi connectivity index (χ1) is 10.6. The Labute approximate surface area is 127 Å². The van der Waals surface area contributed by atoms with Gasteiger partial charge in [0.2, 0.25) is 0 Å². The maximum absolute atomic E-state index is 12.2. The molecule has 0 spiro atoms. The number of aromatic nitrogens is 3. The molecular formula is C16H16N4O2. The molecule has 0 unspecified atom stereocenters. The zero-order chi connectivity index (χ0) is 15.7. The van der Waals surface area contributed by atoms with Crippen molar-refractivity contribution < 1.29 is 4.52 Å². The molecule has 0 saturated carbocycles. The predicted octanol–water partition coefficient (Wildman–Crippen LogP) is 2.15. The molecule has 3 rings (SSSR count). The van der Waals surface area contributed by atoms with Gasteiger partial charge in [-0.1, -0.05) is 35.5 Å². The molecule has 0 aliphatic heterocycles. The Balaban J connectivity index is 2.10. The van der Waals surface area contributed by atoms with Crippen LogP contribution >= 0.6 is 0 Å². The summed E-state index contributed by atoms with van der Waals surface area (Å²) in [6.45, 7) is 4.00. The number of aryl methyl sites for hydroxylation is 2. The van der Waals surface area contributed by atoms with E-state index >= 15 is 0 Å². The van der Waals surface area contributed by atoms with Gasteiger partial charge in [0.25, 0.3) is 5.56 Å². The molecule has 0 aliphatic rings. The van der Waals surface area contributed by atoms with Crippen molar-refractivity contribution in [3.05, 3.63) is 63.8 Å². The first-order valence-electron chi connectivity index (χ1n) is 6.91. The molecule has 2 N–H and O–H groups in total. The summed E-state index contributed by atoms with van der Waals surface area (Å²) in [7, 11) is 0. The minimum Gasteiger partial charge on any atom is -0.394 e. The summed E-state index contributed by atoms with van der Waals surface area (Å²) >= 11 is 0. The molecule has 0 atom stereocenters. The lowest BCUT2D eigenvalue weighted by Crippen LogP contribution is -2.26. The van der Waals surface area contributed by atoms with Crippen LogP contribution in [0.3, 0.4) is 0 Å². The summed E-state index contributed by atoms with van der Waals surface area (Å²) in [5.74, 6) is 0.648. The first kappa shape index (κ1) is 14.1. The average Bonchev–Trinajstić information content (AvgIpc) is 2.84. The Morgan fingerprint density at radius 3 is 2.59 bits per heavy atom. The van der Waals surface area contributed by atoms with Crippen molar-refractivity contribution in [1.29, 1.82) is 0 Å². The number of nitrogens with two attached hydrogens (primary N) is 1. The second kappa shape index (κ2) is 5.48. The highest BCUT2D eigenvalue weighted by Crippen LogP contribution is 2.25. The highest BCUT2D eigenvalue weighted by Gasteiger charge is 2.16. The van der Waals surface area contributed by atoms with E-state index in [4.69, 9.17) is 10.3 Å². The summed E-state index contributed by atoms with van der Waals surface area (Å²) in [6.07, 6.45) is 0. The smallest absolute Gasteiger partial charge is 0.290 e. The Bertz CT molecular complexity index is 846. The minimum absolute atomic E-state index is 0.154. The summed E-state index contributed by atoms with van der Waals surface area (Å²) in [6, 6.07) is 11.2. The third kappa shape index (κ3) is 2.50. The molecule has 22 heavy (non-hydrogen) atoms. The maximum Gasteiger partial charge on any atom is 0.290 e. The minimum atomic E-state index is -0.306. The van der Waals surface area contributed by atoms with E-state index in [9.17, 15) is 4.79 Å². The summed E-state index contributed by atoms with van der Waals surface area (Å²) in [4.78, 5) is 12.2. The van der Waals surface area contributed by atoms with E-state index in [0.29, 0.717) is 23.7 Å². The van der Waals surface area contributed by atoms with Gasteiger partial charge in [-0.3, -0.25) is 4.79 Å². The fraction of sp³-hybridized carbons (Fsp3) is 0.188. The molecule has 3 aromatic rings. The molecule has 2 aromatic heterocycles. The van der Waals surface area contributed by atoms with Gasteiger partial charge in [0, 0.05) is 0 Å². The highest BCUT2D eigenvalue weighted by atomic mass is 16.5. The maximum atomic E-state index is 12.2. The van der Waals surface area contributed by atoms with Gasteiger partial charge < -0.3 is 10.3 Å². The van der Waals surface area contributed by atoms with Crippen LogP contribution in [-0.2, 0) is 6.54 Å². The van der Waals surface area contributed by atoms with Gasteiger partial charge in [-0.05, 0) is 25.5 Å². The lowest BCUT2D eigenvalue weighted by molar-refractivity contribution is 0.393. The van der Waals surface area contributed by atoms with Crippen LogP contribution in [0, 0.1) is 13.8 Å². The summed E-state index contributed by atoms with van der Waals surface area (Å²) in [5, 5.41) is 8.33. The number of hydrogen-bond acceptors (Lipinski definition) is 5. The van der Waals surface area contributed by atoms with Crippen molar-refractivity contribution in [2.24, 2.45) is 0 Å². The van der Waals surface area contributed by atoms with Crippen molar-refractivity contribution >= 4 is 5.69 Å². The molecule has 0 radical (unpaired) electrons. The van der Waals surface area contributed by atoms with Crippen LogP contribution in [0.2, 0.25) is 0 Å². The second-order valence-electron chi connectivity index (χ2n) is 5.13. The molecule has 0 amide bonds. The quantitative estimate of drug-likeness (QED) is 0.800. The van der Waals surface area contributed by atoms with Gasteiger partial charge in [0.05, 0.1) is 23.5 Å². The van der Waals surface area contributed by atoms with Gasteiger partial charge >= 0.3 is 0 Å². The number of nitrogens with zero attached hydrogens (tertiary/aromatic N) is 3. The SMILES string of the molecule is Cc1noc(C)c1-c1cc(N)c(=O)n(Cc2ccccc2)n1. The molecular weight excluding hydrogens is 280 g/mol. The largest absolute Gasteiger partial charge is 0.394 e. The van der Waals surface area contributed by atoms with Crippen LogP contribution in [-0.4, -0.2) is 14.9 Å². The monoisotopic (exact) mass is 296 g/mol. The number of rotatable bonds is 3. The fourth-order valence-electron chi connectivity index (χ4n) is 2.40. The van der Waals surface area contributed by atoms with Gasteiger partial charge in [0.15, 0.2) is 0 Å². The molecule has 0 fully saturated rings. The third-order valence-electron chi connectivity index (χ3n) is 3.47. The van der Waals surface area contributed by atoms with Crippen LogP contribution in [0.15, 0.2) is 45.7 Å². The van der Waals surface area contributed by atoms with Crippen molar-refractivity contribution in [2.45, 2.75) is 20.4 Å². The highest BCUT2D eigenvalue weighted by molar-refractivity contribution is 5.66. The fourth-order valence-corrected chi connectivity index (χ4v) is 2.40. The molecule has 0 aliphatic carbocycles. The van der Waals surface area contributed by atoms with Crippen LogP contribution in [0.25, 0.3) is 11.3 Å². The van der Waals surface area contributed by atoms with E-state index in [-0.39, 0.29) is 11.2 Å². The summed E-state index contributed by atoms with van der Waals surface area (Å²) < 4.78 is 6.53. The summed E-state index contributed by atoms with van der Waals surface area (Å²) in [5.41, 5.74) is 8.76. The van der Waals surface area contributed by atoms with Crippen LogP contribution < -0.4 is 11.3 Å². The second-order valence-corrected chi connectivity index (χ2v) is 5.13. The normalized spacial score (nSPS) is 10.8. The molecule has 0 saturated heterocycles. The lowest BCUT2D eigenvalue weighted by atomic mass is 10.1. The molecule has 6 nitrogen and oxygen atoms in total. The number of nitrogen functional groups attached to an aromatic ring is 1. The molecule has 2 heterocycles. The standard InChI is InChI=1S/C16H16N4O2/c1-10-15(11(2)22-19-10)14-8-13(17)16(21)20(18-14)9-12-6-4-3-5-7-12/h3-8H,9,17H2,1-2H3. The lowest BCUT2D eigenvalue weighted by Gasteiger charge is -2.09. The molecule has 1 aromatic carbocycles. The van der Waals surface area contributed by atoms with Crippen molar-refractivity contribution in [3.63, 3.8) is 0 Å². The van der Waals surface area contributed by atoms with Crippen LogP contribution in [0.1, 0.15) is 17.0 Å². The Hall–Kier alpha value is -2.89. The topological polar surface area (TPSA) is 86.9 Å². The van der Waals surface area contributed by atoms with Crippen LogP contribution in [0.5, 0.6) is 0 Å². The Morgan fingerprint density at radius 1 is 1.23 bits per heavy atom. The van der Waals surface area contributed by atoms with Crippen molar-refractivity contribution in [2.75, 3.05) is 5.73 Å². The van der Waals surface area contributed by atoms with Crippen LogP contribution in [0.4, 0.5) is 5.69 Å². The molecule has 112 valence electrons. The van der Waals surface area contributed by atoms with E-state index in [1.54, 1.807) is 13.0 Å². The number of hydrogen-bond donors (Lipinski definition) is 1. The van der Waals surface area contributed by atoms with Crippen molar-refractivity contribution in [3.8, 4) is 11.3 Å². The van der Waals surface area contributed by atoms with Gasteiger partial charge in [-0.15, -0.1) is 0 Å². The Kier molecular flexibility index (Phi) is 3.50. The molecule has 0 bridgehead atoms. The predicted molar refractivity (Wildman–Crippen MR) is 83.4 cm³/mol. The van der Waals surface area contributed by atoms with Gasteiger partial charge in [-0.2, -0.15) is 5.10 Å². The van der Waals surface area contributed by atoms with E-state index in [2.05, 4.69) is 10.3 Å². The average molecular weight is 296 g/mol. The van der Waals surface area contributed by atoms with E-state index in [0.717, 1.165) is 11.1 Å². The zero-order valence-electron chi connectivity index (χ0n) is 12.4. The Morgan fingerprint density at radius 2 is 1.95 bits per heavy atom. The van der Waals surface area contributed by atoms with E-state index in [1.807, 2.05) is 37.3 Å². The molecule has 6 heteroatoms. The number of anilines is 1. The first-order valence-corrected chi connectivity index (χ1v) is 6.91. The van der Waals surface area contributed by atoms with Gasteiger partial charge in [-0.25, -0.2) is 4.68 Å².